The molecular formula is C40H26Cl8N8O6. The number of anilines is 4. The van der Waals surface area contributed by atoms with Crippen LogP contribution in [0.15, 0.2) is 105 Å². The second-order valence-electron chi connectivity index (χ2n) is 12.6. The smallest absolute Gasteiger partial charge is 0.258 e. The van der Waals surface area contributed by atoms with Crippen molar-refractivity contribution >= 4 is 162 Å². The zero-order valence-corrected chi connectivity index (χ0v) is 37.5. The van der Waals surface area contributed by atoms with Crippen molar-refractivity contribution in [1.29, 1.82) is 0 Å². The van der Waals surface area contributed by atoms with Crippen molar-refractivity contribution in [2.24, 2.45) is 20.5 Å². The predicted molar refractivity (Wildman–Crippen MR) is 243 cm³/mol. The fourth-order valence-corrected chi connectivity index (χ4v) is 6.94. The summed E-state index contributed by atoms with van der Waals surface area (Å²) < 4.78 is 0. The van der Waals surface area contributed by atoms with Gasteiger partial charge in [-0.05, 0) is 74.5 Å². The van der Waals surface area contributed by atoms with E-state index in [9.17, 15) is 28.8 Å². The number of hydrogen-bond acceptors (Lipinski definition) is 10. The van der Waals surface area contributed by atoms with Gasteiger partial charge in [-0.25, -0.2) is 0 Å². The molecule has 2 unspecified atom stereocenters. The van der Waals surface area contributed by atoms with Crippen LogP contribution in [-0.4, -0.2) is 47.3 Å². The number of Topliss-reactive ketones (excluding diaryl/α,β-unsaturated/α-hetero) is 2. The van der Waals surface area contributed by atoms with Crippen LogP contribution in [0.4, 0.5) is 34.1 Å². The van der Waals surface area contributed by atoms with Crippen LogP contribution in [-0.2, 0) is 19.2 Å². The molecule has 0 heterocycles. The molecule has 0 aliphatic carbocycles. The number of carbonyl (C=O) groups is 6. The van der Waals surface area contributed by atoms with Crippen LogP contribution in [0.3, 0.4) is 0 Å². The van der Waals surface area contributed by atoms with Gasteiger partial charge in [-0.2, -0.15) is 20.5 Å². The highest BCUT2D eigenvalue weighted by atomic mass is 35.5. The van der Waals surface area contributed by atoms with Gasteiger partial charge in [0.2, 0.25) is 12.1 Å². The third-order valence-corrected chi connectivity index (χ3v) is 11.3. The molecule has 318 valence electrons. The van der Waals surface area contributed by atoms with Gasteiger partial charge in [0.05, 0.1) is 68.4 Å². The molecule has 22 heteroatoms. The molecule has 0 aliphatic heterocycles. The van der Waals surface area contributed by atoms with E-state index >= 15 is 0 Å². The van der Waals surface area contributed by atoms with Gasteiger partial charge in [0, 0.05) is 5.69 Å². The Morgan fingerprint density at radius 3 is 1.26 bits per heavy atom. The van der Waals surface area contributed by atoms with Gasteiger partial charge in [0.15, 0.2) is 11.6 Å². The summed E-state index contributed by atoms with van der Waals surface area (Å²) in [4.78, 5) is 77.7. The number of benzene rings is 5. The van der Waals surface area contributed by atoms with Crippen molar-refractivity contribution in [3.05, 3.63) is 136 Å². The van der Waals surface area contributed by atoms with Crippen molar-refractivity contribution in [2.45, 2.75) is 25.9 Å². The maximum Gasteiger partial charge on any atom is 0.258 e. The number of nitrogens with zero attached hydrogens (tertiary/aromatic N) is 4. The molecule has 2 atom stereocenters. The predicted octanol–water partition coefficient (Wildman–Crippen LogP) is 12.8. The summed E-state index contributed by atoms with van der Waals surface area (Å²) in [5.41, 5.74) is 0.161. The van der Waals surface area contributed by atoms with Crippen LogP contribution in [0.5, 0.6) is 0 Å². The van der Waals surface area contributed by atoms with Crippen LogP contribution < -0.4 is 21.3 Å². The first-order valence-electron chi connectivity index (χ1n) is 17.4. The Balaban J connectivity index is 1.27. The van der Waals surface area contributed by atoms with Crippen LogP contribution in [0.25, 0.3) is 0 Å². The Morgan fingerprint density at radius 2 is 0.855 bits per heavy atom. The van der Waals surface area contributed by atoms with Gasteiger partial charge >= 0.3 is 0 Å². The molecule has 4 amide bonds. The van der Waals surface area contributed by atoms with Crippen molar-refractivity contribution < 1.29 is 28.8 Å². The number of azo groups is 2. The minimum absolute atomic E-state index is 0.0141. The normalized spacial score (nSPS) is 12.2. The number of hydrogen-bond donors (Lipinski definition) is 4. The Kier molecular flexibility index (Phi) is 16.4. The Hall–Kier alpha value is -5.16. The molecule has 5 aromatic rings. The van der Waals surface area contributed by atoms with Crippen LogP contribution in [0.1, 0.15) is 34.6 Å². The van der Waals surface area contributed by atoms with Gasteiger partial charge in [-0.3, -0.25) is 28.8 Å². The molecule has 0 fully saturated rings. The number of ketones is 2. The van der Waals surface area contributed by atoms with Gasteiger partial charge in [0.1, 0.15) is 11.4 Å². The topological polar surface area (TPSA) is 200 Å². The van der Waals surface area contributed by atoms with E-state index in [0.29, 0.717) is 0 Å². The molecule has 14 nitrogen and oxygen atoms in total. The van der Waals surface area contributed by atoms with Gasteiger partial charge in [-0.15, -0.1) is 0 Å². The Morgan fingerprint density at radius 1 is 0.468 bits per heavy atom. The molecule has 0 saturated heterocycles. The molecule has 4 N–H and O–H groups in total. The van der Waals surface area contributed by atoms with E-state index < -0.39 is 47.3 Å². The maximum atomic E-state index is 13.3. The molecule has 0 aromatic heterocycles. The summed E-state index contributed by atoms with van der Waals surface area (Å²) in [6, 6.07) is 16.9. The van der Waals surface area contributed by atoms with E-state index in [1.807, 2.05) is 0 Å². The number of carbonyl (C=O) groups excluding carboxylic acids is 6. The minimum atomic E-state index is -1.73. The number of halogens is 8. The van der Waals surface area contributed by atoms with E-state index in [2.05, 4.69) is 41.7 Å². The fourth-order valence-electron chi connectivity index (χ4n) is 5.17. The second-order valence-corrected chi connectivity index (χ2v) is 15.8. The highest BCUT2D eigenvalue weighted by Crippen LogP contribution is 2.37. The summed E-state index contributed by atoms with van der Waals surface area (Å²) in [5.74, 6) is -4.69. The first-order chi connectivity index (χ1) is 29.4. The van der Waals surface area contributed by atoms with Gasteiger partial charge in [0.25, 0.3) is 23.6 Å². The lowest BCUT2D eigenvalue weighted by molar-refractivity contribution is -0.127. The first kappa shape index (κ1) is 47.9. The van der Waals surface area contributed by atoms with Crippen LogP contribution in [0.2, 0.25) is 40.2 Å². The van der Waals surface area contributed by atoms with Crippen LogP contribution >= 0.6 is 92.8 Å². The lowest BCUT2D eigenvalue weighted by atomic mass is 10.1. The molecule has 0 saturated carbocycles. The molecular weight excluding hydrogens is 972 g/mol. The van der Waals surface area contributed by atoms with E-state index in [1.165, 1.54) is 60.7 Å². The number of nitrogens with one attached hydrogen (secondary N) is 4. The average molecular weight is 998 g/mol. The SMILES string of the molecule is CC(=O)C(N=Nc1cccc(C(=O)Nc2cccc(Cl)c2Cl)c1Cl)C(=O)Nc1cc(Cl)c(NC(=O)C(N=Nc2cccc(C(=O)Nc3cccc(Cl)c3Cl)c2Cl)C(C)=O)c(Cl)c1. The molecule has 0 aliphatic rings. The zero-order chi connectivity index (χ0) is 45.4. The number of amides is 4. The summed E-state index contributed by atoms with van der Waals surface area (Å²) in [7, 11) is 0. The summed E-state index contributed by atoms with van der Waals surface area (Å²) in [5, 5.41) is 25.8. The first-order valence-corrected chi connectivity index (χ1v) is 20.4. The zero-order valence-electron chi connectivity index (χ0n) is 31.5. The summed E-state index contributed by atoms with van der Waals surface area (Å²) in [6.07, 6.45) is 0. The maximum absolute atomic E-state index is 13.3. The molecule has 0 bridgehead atoms. The Labute approximate surface area is 392 Å². The van der Waals surface area contributed by atoms with Gasteiger partial charge < -0.3 is 21.3 Å². The lowest BCUT2D eigenvalue weighted by Crippen LogP contribution is -2.32. The third-order valence-electron chi connectivity index (χ3n) is 8.23. The molecule has 0 radical (unpaired) electrons. The highest BCUT2D eigenvalue weighted by Gasteiger charge is 2.27. The van der Waals surface area contributed by atoms with Crippen molar-refractivity contribution in [3.63, 3.8) is 0 Å². The monoisotopic (exact) mass is 994 g/mol. The largest absolute Gasteiger partial charge is 0.324 e. The Bertz CT molecular complexity index is 2690. The summed E-state index contributed by atoms with van der Waals surface area (Å²) in [6.45, 7) is 2.19. The van der Waals surface area contributed by atoms with Crippen LogP contribution in [0, 0.1) is 0 Å². The molecule has 62 heavy (non-hydrogen) atoms. The number of rotatable bonds is 14. The van der Waals surface area contributed by atoms with Crippen molar-refractivity contribution in [3.8, 4) is 0 Å². The van der Waals surface area contributed by atoms with Crippen molar-refractivity contribution in [2.75, 3.05) is 21.3 Å². The quantitative estimate of drug-likeness (QED) is 0.0630. The van der Waals surface area contributed by atoms with E-state index in [-0.39, 0.29) is 85.4 Å². The lowest BCUT2D eigenvalue weighted by Gasteiger charge is -2.15. The summed E-state index contributed by atoms with van der Waals surface area (Å²) >= 11 is 50.2. The van der Waals surface area contributed by atoms with E-state index in [0.717, 1.165) is 13.8 Å². The van der Waals surface area contributed by atoms with E-state index in [1.54, 1.807) is 24.3 Å². The van der Waals surface area contributed by atoms with E-state index in [4.69, 9.17) is 92.8 Å². The third kappa shape index (κ3) is 11.6. The standard InChI is InChI=1S/C40H26Cl8N8O6/c1-17(57)34(55-53-28-13-3-7-20(30(28)45)37(59)50-26-11-5-9-22(41)32(26)47)39(61)49-19-15-24(43)36(25(44)16-19)52-40(62)35(18(2)58)56-54-29-14-4-8-21(31(29)46)38(60)51-27-12-6-10-23(42)33(27)48/h3-16,34-35H,1-2H3,(H,49,61)(H,50,59)(H,51,60)(H,52,62). The minimum Gasteiger partial charge on any atom is -0.324 e. The average Bonchev–Trinajstić information content (AvgIpc) is 3.20. The van der Waals surface area contributed by atoms with Gasteiger partial charge in [-0.1, -0.05) is 117 Å². The molecule has 5 aromatic carbocycles. The highest BCUT2D eigenvalue weighted by molar-refractivity contribution is 6.45. The van der Waals surface area contributed by atoms with Crippen molar-refractivity contribution in [1.82, 2.24) is 0 Å². The second kappa shape index (κ2) is 21.3. The fraction of sp³-hybridized carbons (Fsp3) is 0.100. The molecule has 0 spiro atoms. The molecule has 5 rings (SSSR count).